The molecule has 0 saturated carbocycles. The molecule has 0 bridgehead atoms. The Bertz CT molecular complexity index is 908. The molecule has 1 aliphatic carbocycles. The van der Waals surface area contributed by atoms with E-state index in [1.165, 1.54) is 16.7 Å². The second-order valence-corrected chi connectivity index (χ2v) is 8.64. The van der Waals surface area contributed by atoms with Crippen LogP contribution in [0.1, 0.15) is 40.8 Å². The fourth-order valence-electron chi connectivity index (χ4n) is 4.92. The Morgan fingerprint density at radius 1 is 1.20 bits per heavy atom. The van der Waals surface area contributed by atoms with E-state index in [2.05, 4.69) is 47.4 Å². The van der Waals surface area contributed by atoms with E-state index in [4.69, 9.17) is 0 Å². The SMILES string of the molecule is C=CC(O)N1CCN(c2ncnc3c2C[C@@H](C)[C@H](c2cc(CO)ccc2C)C3)CC1. The first-order valence-electron chi connectivity index (χ1n) is 10.8. The van der Waals surface area contributed by atoms with Crippen LogP contribution in [0.4, 0.5) is 5.82 Å². The van der Waals surface area contributed by atoms with E-state index in [1.54, 1.807) is 12.4 Å². The van der Waals surface area contributed by atoms with Crippen molar-refractivity contribution in [2.75, 3.05) is 31.1 Å². The highest BCUT2D eigenvalue weighted by Gasteiger charge is 2.32. The first-order chi connectivity index (χ1) is 14.5. The number of hydrogen-bond donors (Lipinski definition) is 2. The molecular weight excluding hydrogens is 376 g/mol. The lowest BCUT2D eigenvalue weighted by molar-refractivity contribution is 0.0379. The Morgan fingerprint density at radius 2 is 1.97 bits per heavy atom. The zero-order valence-electron chi connectivity index (χ0n) is 18.0. The quantitative estimate of drug-likeness (QED) is 0.741. The molecule has 1 aromatic carbocycles. The van der Waals surface area contributed by atoms with E-state index in [0.29, 0.717) is 11.8 Å². The zero-order valence-corrected chi connectivity index (χ0v) is 18.0. The van der Waals surface area contributed by atoms with E-state index in [9.17, 15) is 10.2 Å². The maximum absolute atomic E-state index is 10.0. The van der Waals surface area contributed by atoms with Crippen LogP contribution in [0.25, 0.3) is 0 Å². The molecule has 0 amide bonds. The summed E-state index contributed by atoms with van der Waals surface area (Å²) in [5.41, 5.74) is 5.99. The van der Waals surface area contributed by atoms with E-state index in [0.717, 1.165) is 56.1 Å². The van der Waals surface area contributed by atoms with E-state index in [-0.39, 0.29) is 6.61 Å². The van der Waals surface area contributed by atoms with Crippen molar-refractivity contribution >= 4 is 5.82 Å². The van der Waals surface area contributed by atoms with Crippen LogP contribution >= 0.6 is 0 Å². The predicted octanol–water partition coefficient (Wildman–Crippen LogP) is 2.42. The summed E-state index contributed by atoms with van der Waals surface area (Å²) in [5, 5.41) is 19.6. The van der Waals surface area contributed by atoms with Crippen LogP contribution in [-0.4, -0.2) is 57.5 Å². The summed E-state index contributed by atoms with van der Waals surface area (Å²) >= 11 is 0. The van der Waals surface area contributed by atoms with Crippen molar-refractivity contribution in [3.05, 3.63) is 65.1 Å². The Labute approximate surface area is 178 Å². The summed E-state index contributed by atoms with van der Waals surface area (Å²) < 4.78 is 0. The molecule has 4 rings (SSSR count). The summed E-state index contributed by atoms with van der Waals surface area (Å²) in [6.45, 7) is 11.5. The highest BCUT2D eigenvalue weighted by atomic mass is 16.3. The third-order valence-electron chi connectivity index (χ3n) is 6.76. The Kier molecular flexibility index (Phi) is 6.18. The van der Waals surface area contributed by atoms with E-state index < -0.39 is 6.23 Å². The molecule has 1 aromatic heterocycles. The largest absolute Gasteiger partial charge is 0.392 e. The predicted molar refractivity (Wildman–Crippen MR) is 118 cm³/mol. The minimum atomic E-state index is -0.579. The van der Waals surface area contributed by atoms with Gasteiger partial charge in [-0.15, -0.1) is 0 Å². The minimum absolute atomic E-state index is 0.0732. The summed E-state index contributed by atoms with van der Waals surface area (Å²) in [7, 11) is 0. The molecule has 1 aliphatic heterocycles. The number of hydrogen-bond acceptors (Lipinski definition) is 6. The van der Waals surface area contributed by atoms with Crippen molar-refractivity contribution in [1.82, 2.24) is 14.9 Å². The number of aliphatic hydroxyl groups excluding tert-OH is 2. The lowest BCUT2D eigenvalue weighted by Crippen LogP contribution is -2.50. The van der Waals surface area contributed by atoms with Crippen molar-refractivity contribution in [3.8, 4) is 0 Å². The van der Waals surface area contributed by atoms with Gasteiger partial charge in [-0.25, -0.2) is 9.97 Å². The van der Waals surface area contributed by atoms with Gasteiger partial charge in [-0.2, -0.15) is 0 Å². The van der Waals surface area contributed by atoms with Crippen LogP contribution in [0.5, 0.6) is 0 Å². The van der Waals surface area contributed by atoms with Crippen molar-refractivity contribution < 1.29 is 10.2 Å². The third kappa shape index (κ3) is 4.00. The van der Waals surface area contributed by atoms with Gasteiger partial charge in [-0.05, 0) is 54.4 Å². The molecule has 6 nitrogen and oxygen atoms in total. The Hall–Kier alpha value is -2.28. The van der Waals surface area contributed by atoms with Gasteiger partial charge in [0.05, 0.1) is 6.61 Å². The monoisotopic (exact) mass is 408 g/mol. The molecule has 0 radical (unpaired) electrons. The number of aryl methyl sites for hydroxylation is 1. The first-order valence-corrected chi connectivity index (χ1v) is 10.8. The normalized spacial score (nSPS) is 23.1. The highest BCUT2D eigenvalue weighted by molar-refractivity contribution is 5.51. The summed E-state index contributed by atoms with van der Waals surface area (Å²) in [4.78, 5) is 13.7. The smallest absolute Gasteiger partial charge is 0.135 e. The Balaban J connectivity index is 1.57. The summed E-state index contributed by atoms with van der Waals surface area (Å²) in [6.07, 6.45) is 4.55. The molecule has 2 heterocycles. The first kappa shape index (κ1) is 21.0. The fourth-order valence-corrected chi connectivity index (χ4v) is 4.92. The zero-order chi connectivity index (χ0) is 21.3. The minimum Gasteiger partial charge on any atom is -0.392 e. The molecule has 3 atom stereocenters. The lowest BCUT2D eigenvalue weighted by atomic mass is 9.74. The maximum Gasteiger partial charge on any atom is 0.135 e. The third-order valence-corrected chi connectivity index (χ3v) is 6.76. The van der Waals surface area contributed by atoms with Crippen LogP contribution in [-0.2, 0) is 19.4 Å². The molecule has 2 aromatic rings. The van der Waals surface area contributed by atoms with Gasteiger partial charge in [-0.1, -0.05) is 31.7 Å². The van der Waals surface area contributed by atoms with Gasteiger partial charge < -0.3 is 15.1 Å². The molecule has 2 aliphatic rings. The van der Waals surface area contributed by atoms with Crippen molar-refractivity contribution in [2.45, 2.75) is 45.4 Å². The van der Waals surface area contributed by atoms with Gasteiger partial charge in [0, 0.05) is 37.4 Å². The molecule has 1 unspecified atom stereocenters. The number of fused-ring (bicyclic) bond motifs is 1. The highest BCUT2D eigenvalue weighted by Crippen LogP contribution is 2.40. The molecule has 30 heavy (non-hydrogen) atoms. The van der Waals surface area contributed by atoms with Gasteiger partial charge in [0.2, 0.25) is 0 Å². The summed E-state index contributed by atoms with van der Waals surface area (Å²) in [6, 6.07) is 6.28. The average Bonchev–Trinajstić information content (AvgIpc) is 2.78. The number of piperazine rings is 1. The van der Waals surface area contributed by atoms with Crippen molar-refractivity contribution in [2.24, 2.45) is 5.92 Å². The molecular formula is C24H32N4O2. The molecule has 6 heteroatoms. The van der Waals surface area contributed by atoms with Gasteiger partial charge >= 0.3 is 0 Å². The van der Waals surface area contributed by atoms with E-state index >= 15 is 0 Å². The maximum atomic E-state index is 10.0. The van der Waals surface area contributed by atoms with Gasteiger partial charge in [-0.3, -0.25) is 4.90 Å². The molecule has 0 spiro atoms. The van der Waals surface area contributed by atoms with Crippen LogP contribution in [0.2, 0.25) is 0 Å². The topological polar surface area (TPSA) is 72.7 Å². The van der Waals surface area contributed by atoms with E-state index in [1.807, 2.05) is 11.0 Å². The Morgan fingerprint density at radius 3 is 2.67 bits per heavy atom. The lowest BCUT2D eigenvalue weighted by Gasteiger charge is -2.39. The second kappa shape index (κ2) is 8.84. The van der Waals surface area contributed by atoms with Crippen LogP contribution in [0.15, 0.2) is 37.2 Å². The van der Waals surface area contributed by atoms with Gasteiger partial charge in [0.1, 0.15) is 18.4 Å². The molecule has 160 valence electrons. The van der Waals surface area contributed by atoms with Crippen LogP contribution in [0, 0.1) is 12.8 Å². The molecule has 1 fully saturated rings. The van der Waals surface area contributed by atoms with Crippen molar-refractivity contribution in [1.29, 1.82) is 0 Å². The number of benzene rings is 1. The fraction of sp³-hybridized carbons (Fsp3) is 0.500. The average molecular weight is 409 g/mol. The summed E-state index contributed by atoms with van der Waals surface area (Å²) in [5.74, 6) is 1.92. The molecule has 1 saturated heterocycles. The molecule has 2 N–H and O–H groups in total. The van der Waals surface area contributed by atoms with Crippen molar-refractivity contribution in [3.63, 3.8) is 0 Å². The number of rotatable bonds is 5. The number of anilines is 1. The van der Waals surface area contributed by atoms with Crippen LogP contribution < -0.4 is 4.90 Å². The number of aromatic nitrogens is 2. The number of aliphatic hydroxyl groups is 2. The van der Waals surface area contributed by atoms with Gasteiger partial charge in [0.15, 0.2) is 0 Å². The number of nitrogens with zero attached hydrogens (tertiary/aromatic N) is 4. The second-order valence-electron chi connectivity index (χ2n) is 8.64. The van der Waals surface area contributed by atoms with Crippen LogP contribution in [0.3, 0.4) is 0 Å². The standard InChI is InChI=1S/C24H32N4O2/c1-4-23(30)27-7-9-28(10-8-27)24-21-11-17(3)20(13-22(21)25-15-26-24)19-12-18(14-29)6-5-16(19)2/h4-6,12,15,17,20,23,29-30H,1,7-11,13-14H2,2-3H3/t17-,20-,23?/m1/s1. The van der Waals surface area contributed by atoms with Gasteiger partial charge in [0.25, 0.3) is 0 Å².